The van der Waals surface area contributed by atoms with Gasteiger partial charge in [0.2, 0.25) is 0 Å². The maximum atomic E-state index is 12.7. The fraction of sp³-hybridized carbons (Fsp3) is 0.471. The van der Waals surface area contributed by atoms with Crippen molar-refractivity contribution in [1.29, 1.82) is 0 Å². The largest absolute Gasteiger partial charge is 0.451 e. The van der Waals surface area contributed by atoms with Gasteiger partial charge in [0.05, 0.1) is 0 Å². The summed E-state index contributed by atoms with van der Waals surface area (Å²) >= 11 is 0. The lowest BCUT2D eigenvalue weighted by Gasteiger charge is -2.34. The topological polar surface area (TPSA) is 53.7 Å². The van der Waals surface area contributed by atoms with E-state index in [1.165, 1.54) is 0 Å². The average Bonchev–Trinajstić information content (AvgIpc) is 2.90. The number of carbonyl (C=O) groups excluding carboxylic acids is 1. The summed E-state index contributed by atoms with van der Waals surface area (Å²) in [4.78, 5) is 14.6. The van der Waals surface area contributed by atoms with Crippen molar-refractivity contribution < 1.29 is 14.3 Å². The van der Waals surface area contributed by atoms with Crippen molar-refractivity contribution in [3.63, 3.8) is 0 Å². The smallest absolute Gasteiger partial charge is 0.289 e. The quantitative estimate of drug-likeness (QED) is 0.943. The van der Waals surface area contributed by atoms with E-state index < -0.39 is 0 Å². The van der Waals surface area contributed by atoms with Gasteiger partial charge in [-0.1, -0.05) is 11.6 Å². The molecule has 0 saturated carbocycles. The van der Waals surface area contributed by atoms with Crippen molar-refractivity contribution in [2.75, 3.05) is 13.2 Å². The number of aliphatic hydroxyl groups is 1. The van der Waals surface area contributed by atoms with Crippen molar-refractivity contribution in [1.82, 2.24) is 4.90 Å². The highest BCUT2D eigenvalue weighted by Crippen LogP contribution is 2.25. The molecule has 1 aliphatic heterocycles. The Labute approximate surface area is 124 Å². The highest BCUT2D eigenvalue weighted by Gasteiger charge is 2.28. The van der Waals surface area contributed by atoms with Gasteiger partial charge in [-0.3, -0.25) is 4.79 Å². The number of likely N-dealkylation sites (tertiary alicyclic amines) is 1. The summed E-state index contributed by atoms with van der Waals surface area (Å²) in [6, 6.07) is 7.87. The van der Waals surface area contributed by atoms with E-state index in [1.807, 2.05) is 36.1 Å². The lowest BCUT2D eigenvalue weighted by Crippen LogP contribution is -2.44. The molecule has 3 rings (SSSR count). The third-order valence-corrected chi connectivity index (χ3v) is 4.23. The first-order valence-electron chi connectivity index (χ1n) is 7.61. The highest BCUT2D eigenvalue weighted by atomic mass is 16.3. The average molecular weight is 287 g/mol. The first-order chi connectivity index (χ1) is 10.2. The molecule has 1 atom stereocenters. The number of furan rings is 1. The summed E-state index contributed by atoms with van der Waals surface area (Å²) in [7, 11) is 0. The summed E-state index contributed by atoms with van der Waals surface area (Å²) in [5.41, 5.74) is 1.90. The van der Waals surface area contributed by atoms with Crippen LogP contribution < -0.4 is 0 Å². The lowest BCUT2D eigenvalue weighted by atomic mass is 9.99. The Morgan fingerprint density at radius 1 is 1.38 bits per heavy atom. The molecule has 1 aromatic heterocycles. The number of benzene rings is 1. The summed E-state index contributed by atoms with van der Waals surface area (Å²) < 4.78 is 5.71. The van der Waals surface area contributed by atoms with Gasteiger partial charge in [0.15, 0.2) is 5.76 Å². The molecule has 2 aromatic rings. The van der Waals surface area contributed by atoms with E-state index in [0.717, 1.165) is 42.3 Å². The number of piperidine rings is 1. The number of rotatable bonds is 3. The number of amides is 1. The van der Waals surface area contributed by atoms with Crippen LogP contribution in [0, 0.1) is 6.92 Å². The summed E-state index contributed by atoms with van der Waals surface area (Å²) in [6.45, 7) is 2.89. The molecule has 0 radical (unpaired) electrons. The first-order valence-corrected chi connectivity index (χ1v) is 7.61. The van der Waals surface area contributed by atoms with Crippen LogP contribution in [0.1, 0.15) is 41.8 Å². The molecular weight excluding hydrogens is 266 g/mol. The minimum absolute atomic E-state index is 0.0537. The second-order valence-electron chi connectivity index (χ2n) is 5.81. The molecule has 4 heteroatoms. The fourth-order valence-corrected chi connectivity index (χ4v) is 3.13. The molecule has 0 bridgehead atoms. The molecule has 0 aliphatic carbocycles. The van der Waals surface area contributed by atoms with Crippen LogP contribution in [0.25, 0.3) is 11.0 Å². The van der Waals surface area contributed by atoms with Crippen LogP contribution in [0.5, 0.6) is 0 Å². The molecule has 4 nitrogen and oxygen atoms in total. The third kappa shape index (κ3) is 2.81. The Balaban J connectivity index is 1.87. The van der Waals surface area contributed by atoms with Crippen LogP contribution in [0.15, 0.2) is 28.7 Å². The monoisotopic (exact) mass is 287 g/mol. The molecule has 21 heavy (non-hydrogen) atoms. The maximum absolute atomic E-state index is 12.7. The Kier molecular flexibility index (Phi) is 3.97. The number of fused-ring (bicyclic) bond motifs is 1. The lowest BCUT2D eigenvalue weighted by molar-refractivity contribution is 0.0545. The summed E-state index contributed by atoms with van der Waals surface area (Å²) in [5.74, 6) is 0.349. The molecular formula is C17H21NO3. The zero-order chi connectivity index (χ0) is 14.8. The van der Waals surface area contributed by atoms with Crippen LogP contribution in [-0.2, 0) is 0 Å². The number of aryl methyl sites for hydroxylation is 1. The SMILES string of the molecule is Cc1ccc2oc(C(=O)N3CCCCC3CCO)cc2c1. The van der Waals surface area contributed by atoms with Crippen molar-refractivity contribution in [2.24, 2.45) is 0 Å². The zero-order valence-corrected chi connectivity index (χ0v) is 12.3. The highest BCUT2D eigenvalue weighted by molar-refractivity contribution is 5.96. The first kappa shape index (κ1) is 14.1. The van der Waals surface area contributed by atoms with Crippen LogP contribution >= 0.6 is 0 Å². The number of hydrogen-bond acceptors (Lipinski definition) is 3. The minimum atomic E-state index is -0.0537. The van der Waals surface area contributed by atoms with Gasteiger partial charge in [-0.05, 0) is 50.8 Å². The molecule has 1 saturated heterocycles. The van der Waals surface area contributed by atoms with Crippen molar-refractivity contribution in [2.45, 2.75) is 38.6 Å². The molecule has 1 aromatic carbocycles. The summed E-state index contributed by atoms with van der Waals surface area (Å²) in [6.07, 6.45) is 3.75. The van der Waals surface area contributed by atoms with Crippen LogP contribution in [0.4, 0.5) is 0 Å². The normalized spacial score (nSPS) is 19.1. The van der Waals surface area contributed by atoms with E-state index in [2.05, 4.69) is 0 Å². The van der Waals surface area contributed by atoms with Crippen LogP contribution in [0.3, 0.4) is 0 Å². The zero-order valence-electron chi connectivity index (χ0n) is 12.3. The molecule has 1 aliphatic rings. The van der Waals surface area contributed by atoms with Crippen LogP contribution in [0.2, 0.25) is 0 Å². The van der Waals surface area contributed by atoms with E-state index in [0.29, 0.717) is 12.2 Å². The van der Waals surface area contributed by atoms with E-state index in [-0.39, 0.29) is 18.6 Å². The van der Waals surface area contributed by atoms with Gasteiger partial charge in [0.1, 0.15) is 5.58 Å². The summed E-state index contributed by atoms with van der Waals surface area (Å²) in [5, 5.41) is 10.1. The molecule has 0 spiro atoms. The fourth-order valence-electron chi connectivity index (χ4n) is 3.13. The van der Waals surface area contributed by atoms with Gasteiger partial charge >= 0.3 is 0 Å². The van der Waals surface area contributed by atoms with Crippen molar-refractivity contribution in [3.05, 3.63) is 35.6 Å². The predicted molar refractivity (Wildman–Crippen MR) is 81.3 cm³/mol. The Bertz CT molecular complexity index is 645. The third-order valence-electron chi connectivity index (χ3n) is 4.23. The van der Waals surface area contributed by atoms with E-state index in [4.69, 9.17) is 4.42 Å². The molecule has 112 valence electrons. The van der Waals surface area contributed by atoms with Gasteiger partial charge in [-0.25, -0.2) is 0 Å². The van der Waals surface area contributed by atoms with Crippen LogP contribution in [-0.4, -0.2) is 35.1 Å². The molecule has 2 heterocycles. The van der Waals surface area contributed by atoms with E-state index in [9.17, 15) is 9.90 Å². The van der Waals surface area contributed by atoms with Crippen molar-refractivity contribution in [3.8, 4) is 0 Å². The Morgan fingerprint density at radius 2 is 2.24 bits per heavy atom. The number of hydrogen-bond donors (Lipinski definition) is 1. The maximum Gasteiger partial charge on any atom is 0.289 e. The molecule has 1 N–H and O–H groups in total. The van der Waals surface area contributed by atoms with Gasteiger partial charge in [0, 0.05) is 24.6 Å². The number of nitrogens with zero attached hydrogens (tertiary/aromatic N) is 1. The van der Waals surface area contributed by atoms with Gasteiger partial charge in [-0.15, -0.1) is 0 Å². The Hall–Kier alpha value is -1.81. The van der Waals surface area contributed by atoms with Gasteiger partial charge in [0.25, 0.3) is 5.91 Å². The minimum Gasteiger partial charge on any atom is -0.451 e. The second kappa shape index (κ2) is 5.90. The molecule has 1 fully saturated rings. The predicted octanol–water partition coefficient (Wildman–Crippen LogP) is 3.12. The molecule has 1 amide bonds. The Morgan fingerprint density at radius 3 is 3.05 bits per heavy atom. The number of aliphatic hydroxyl groups excluding tert-OH is 1. The second-order valence-corrected chi connectivity index (χ2v) is 5.81. The van der Waals surface area contributed by atoms with Gasteiger partial charge < -0.3 is 14.4 Å². The number of carbonyl (C=O) groups is 1. The standard InChI is InChI=1S/C17H21NO3/c1-12-5-6-15-13(10-12)11-16(21-15)17(20)18-8-3-2-4-14(18)7-9-19/h5-6,10-11,14,19H,2-4,7-9H2,1H3. The molecule has 1 unspecified atom stereocenters. The van der Waals surface area contributed by atoms with E-state index in [1.54, 1.807) is 0 Å². The van der Waals surface area contributed by atoms with Gasteiger partial charge in [-0.2, -0.15) is 0 Å². The van der Waals surface area contributed by atoms with E-state index >= 15 is 0 Å². The van der Waals surface area contributed by atoms with Crippen molar-refractivity contribution >= 4 is 16.9 Å².